The number of amides is 2. The van der Waals surface area contributed by atoms with Gasteiger partial charge in [0, 0.05) is 12.6 Å². The van der Waals surface area contributed by atoms with Crippen molar-refractivity contribution in [2.45, 2.75) is 64.1 Å². The molecule has 1 N–H and O–H groups in total. The number of hydrogen-bond acceptors (Lipinski definition) is 5. The summed E-state index contributed by atoms with van der Waals surface area (Å²) in [4.78, 5) is 29.0. The lowest BCUT2D eigenvalue weighted by Gasteiger charge is -2.34. The maximum Gasteiger partial charge on any atom is 0.264 e. The summed E-state index contributed by atoms with van der Waals surface area (Å²) in [6, 6.07) is 19.1. The topological polar surface area (TPSA) is 96.0 Å². The van der Waals surface area contributed by atoms with Crippen LogP contribution in [-0.4, -0.2) is 50.9 Å². The smallest absolute Gasteiger partial charge is 0.264 e. The number of methoxy groups -OCH3 is 1. The molecule has 0 aliphatic rings. The van der Waals surface area contributed by atoms with Crippen LogP contribution in [0.5, 0.6) is 5.75 Å². The first-order valence-electron chi connectivity index (χ1n) is 13.6. The SMILES string of the molecule is CCC(C)NC(=O)C(CC)N(Cc1ccccc1C)C(=O)CN(c1ccc(OC)c(Cl)c1)S(=O)(=O)c1ccccc1. The van der Waals surface area contributed by atoms with Gasteiger partial charge in [-0.25, -0.2) is 8.42 Å². The zero-order valence-corrected chi connectivity index (χ0v) is 25.7. The maximum atomic E-state index is 14.2. The van der Waals surface area contributed by atoms with Crippen LogP contribution in [0, 0.1) is 6.92 Å². The van der Waals surface area contributed by atoms with E-state index < -0.39 is 28.5 Å². The number of hydrogen-bond donors (Lipinski definition) is 1. The molecule has 0 saturated heterocycles. The summed E-state index contributed by atoms with van der Waals surface area (Å²) < 4.78 is 34.1. The average Bonchev–Trinajstić information content (AvgIpc) is 2.96. The first-order valence-corrected chi connectivity index (χ1v) is 15.4. The normalized spacial score (nSPS) is 12.7. The highest BCUT2D eigenvalue weighted by Gasteiger charge is 2.34. The highest BCUT2D eigenvalue weighted by molar-refractivity contribution is 7.92. The lowest BCUT2D eigenvalue weighted by molar-refractivity contribution is -0.140. The van der Waals surface area contributed by atoms with Gasteiger partial charge in [0.1, 0.15) is 18.3 Å². The van der Waals surface area contributed by atoms with Gasteiger partial charge in [-0.15, -0.1) is 0 Å². The van der Waals surface area contributed by atoms with Gasteiger partial charge in [-0.05, 0) is 68.1 Å². The third kappa shape index (κ3) is 7.80. The number of aryl methyl sites for hydroxylation is 1. The van der Waals surface area contributed by atoms with E-state index in [2.05, 4.69) is 5.32 Å². The Bertz CT molecular complexity index is 1450. The zero-order valence-electron chi connectivity index (χ0n) is 24.1. The quantitative estimate of drug-likeness (QED) is 0.277. The Morgan fingerprint density at radius 1 is 0.976 bits per heavy atom. The van der Waals surface area contributed by atoms with Crippen molar-refractivity contribution in [2.24, 2.45) is 0 Å². The predicted molar refractivity (Wildman–Crippen MR) is 163 cm³/mol. The van der Waals surface area contributed by atoms with Crippen molar-refractivity contribution >= 4 is 39.1 Å². The molecule has 41 heavy (non-hydrogen) atoms. The van der Waals surface area contributed by atoms with Crippen molar-refractivity contribution in [3.63, 3.8) is 0 Å². The second-order valence-electron chi connectivity index (χ2n) is 9.83. The number of ether oxygens (including phenoxy) is 1. The second-order valence-corrected chi connectivity index (χ2v) is 12.1. The Hall–Kier alpha value is -3.56. The molecular weight excluding hydrogens is 562 g/mol. The molecule has 0 bridgehead atoms. The number of rotatable bonds is 13. The molecule has 0 aromatic heterocycles. The Labute approximate surface area is 248 Å². The van der Waals surface area contributed by atoms with Gasteiger partial charge in [0.25, 0.3) is 10.0 Å². The first-order chi connectivity index (χ1) is 19.5. The molecule has 220 valence electrons. The van der Waals surface area contributed by atoms with Crippen LogP contribution in [0.25, 0.3) is 0 Å². The minimum atomic E-state index is -4.19. The maximum absolute atomic E-state index is 14.2. The van der Waals surface area contributed by atoms with E-state index in [1.807, 2.05) is 52.0 Å². The van der Waals surface area contributed by atoms with Gasteiger partial charge in [0.05, 0.1) is 22.7 Å². The highest BCUT2D eigenvalue weighted by atomic mass is 35.5. The Kier molecular flexibility index (Phi) is 11.2. The fraction of sp³-hybridized carbons (Fsp3) is 0.355. The summed E-state index contributed by atoms with van der Waals surface area (Å²) >= 11 is 6.38. The van der Waals surface area contributed by atoms with E-state index in [4.69, 9.17) is 16.3 Å². The molecule has 0 saturated carbocycles. The Balaban J connectivity index is 2.09. The van der Waals surface area contributed by atoms with Crippen LogP contribution in [0.4, 0.5) is 5.69 Å². The molecule has 10 heteroatoms. The van der Waals surface area contributed by atoms with E-state index in [0.29, 0.717) is 12.2 Å². The molecule has 3 aromatic carbocycles. The number of anilines is 1. The largest absolute Gasteiger partial charge is 0.495 e. The van der Waals surface area contributed by atoms with Crippen molar-refractivity contribution in [1.29, 1.82) is 0 Å². The first kappa shape index (κ1) is 32.0. The lowest BCUT2D eigenvalue weighted by Crippen LogP contribution is -2.53. The van der Waals surface area contributed by atoms with Crippen molar-refractivity contribution in [3.8, 4) is 5.75 Å². The number of carbonyl (C=O) groups excluding carboxylic acids is 2. The molecule has 0 heterocycles. The third-order valence-electron chi connectivity index (χ3n) is 7.02. The molecule has 0 radical (unpaired) electrons. The van der Waals surface area contributed by atoms with E-state index in [0.717, 1.165) is 21.9 Å². The van der Waals surface area contributed by atoms with Crippen molar-refractivity contribution in [2.75, 3.05) is 18.0 Å². The minimum absolute atomic E-state index is 0.0201. The third-order valence-corrected chi connectivity index (χ3v) is 9.11. The van der Waals surface area contributed by atoms with Crippen LogP contribution >= 0.6 is 11.6 Å². The molecular formula is C31H38ClN3O5S. The van der Waals surface area contributed by atoms with Crippen LogP contribution in [0.2, 0.25) is 5.02 Å². The number of nitrogens with one attached hydrogen (secondary N) is 1. The summed E-state index contributed by atoms with van der Waals surface area (Å²) in [6.07, 6.45) is 1.08. The van der Waals surface area contributed by atoms with Crippen LogP contribution < -0.4 is 14.4 Å². The van der Waals surface area contributed by atoms with E-state index in [-0.39, 0.29) is 34.1 Å². The van der Waals surface area contributed by atoms with E-state index >= 15 is 0 Å². The lowest BCUT2D eigenvalue weighted by atomic mass is 10.1. The highest BCUT2D eigenvalue weighted by Crippen LogP contribution is 2.32. The minimum Gasteiger partial charge on any atom is -0.495 e. The summed E-state index contributed by atoms with van der Waals surface area (Å²) in [5, 5.41) is 3.18. The average molecular weight is 600 g/mol. The van der Waals surface area contributed by atoms with Gasteiger partial charge >= 0.3 is 0 Å². The van der Waals surface area contributed by atoms with Crippen LogP contribution in [-0.2, 0) is 26.2 Å². The molecule has 3 aromatic rings. The summed E-state index contributed by atoms with van der Waals surface area (Å²) in [5.41, 5.74) is 2.01. The van der Waals surface area contributed by atoms with Gasteiger partial charge in [0.15, 0.2) is 0 Å². The van der Waals surface area contributed by atoms with E-state index in [1.165, 1.54) is 36.3 Å². The molecule has 8 nitrogen and oxygen atoms in total. The van der Waals surface area contributed by atoms with Gasteiger partial charge in [0.2, 0.25) is 11.8 Å². The van der Waals surface area contributed by atoms with Crippen LogP contribution in [0.3, 0.4) is 0 Å². The molecule has 2 amide bonds. The fourth-order valence-electron chi connectivity index (χ4n) is 4.39. The molecule has 0 aliphatic carbocycles. The predicted octanol–water partition coefficient (Wildman–Crippen LogP) is 5.57. The molecule has 2 atom stereocenters. The van der Waals surface area contributed by atoms with Crippen molar-refractivity contribution in [3.05, 3.63) is 88.9 Å². The molecule has 2 unspecified atom stereocenters. The van der Waals surface area contributed by atoms with Crippen molar-refractivity contribution in [1.82, 2.24) is 10.2 Å². The summed E-state index contributed by atoms with van der Waals surface area (Å²) in [6.45, 7) is 7.23. The van der Waals surface area contributed by atoms with Crippen LogP contribution in [0.15, 0.2) is 77.7 Å². The zero-order chi connectivity index (χ0) is 30.2. The molecule has 0 spiro atoms. The molecule has 0 fully saturated rings. The van der Waals surface area contributed by atoms with Crippen LogP contribution in [0.1, 0.15) is 44.7 Å². The standard InChI is InChI=1S/C31H38ClN3O5S/c1-6-23(4)33-31(37)28(7-2)34(20-24-14-12-11-13-22(24)3)30(36)21-35(25-17-18-29(40-5)27(32)19-25)41(38,39)26-15-9-8-10-16-26/h8-19,23,28H,6-7,20-21H2,1-5H3,(H,33,37). The number of halogens is 1. The van der Waals surface area contributed by atoms with Gasteiger partial charge in [-0.2, -0.15) is 0 Å². The Morgan fingerprint density at radius 2 is 1.63 bits per heavy atom. The van der Waals surface area contributed by atoms with E-state index in [9.17, 15) is 18.0 Å². The Morgan fingerprint density at radius 3 is 2.22 bits per heavy atom. The molecule has 0 aliphatic heterocycles. The van der Waals surface area contributed by atoms with Gasteiger partial charge in [-0.3, -0.25) is 13.9 Å². The number of benzene rings is 3. The summed E-state index contributed by atoms with van der Waals surface area (Å²) in [7, 11) is -2.73. The number of nitrogens with zero attached hydrogens (tertiary/aromatic N) is 2. The van der Waals surface area contributed by atoms with Crippen molar-refractivity contribution < 1.29 is 22.7 Å². The van der Waals surface area contributed by atoms with E-state index in [1.54, 1.807) is 24.3 Å². The second kappa shape index (κ2) is 14.4. The fourth-order valence-corrected chi connectivity index (χ4v) is 6.07. The summed E-state index contributed by atoms with van der Waals surface area (Å²) in [5.74, 6) is -0.438. The van der Waals surface area contributed by atoms with Gasteiger partial charge < -0.3 is 15.0 Å². The number of sulfonamides is 1. The molecule has 3 rings (SSSR count). The monoisotopic (exact) mass is 599 g/mol. The van der Waals surface area contributed by atoms with Gasteiger partial charge in [-0.1, -0.05) is 67.9 Å². The number of carbonyl (C=O) groups is 2.